The van der Waals surface area contributed by atoms with E-state index in [2.05, 4.69) is 20.4 Å². The summed E-state index contributed by atoms with van der Waals surface area (Å²) in [5, 5.41) is 17.0. The zero-order chi connectivity index (χ0) is 21.8. The van der Waals surface area contributed by atoms with Gasteiger partial charge in [0.05, 0.1) is 17.7 Å². The smallest absolute Gasteiger partial charge is 0.274 e. The maximum atomic E-state index is 13.2. The third-order valence-corrected chi connectivity index (χ3v) is 5.29. The first-order valence-corrected chi connectivity index (χ1v) is 9.89. The molecule has 31 heavy (non-hydrogen) atoms. The van der Waals surface area contributed by atoms with Crippen molar-refractivity contribution in [3.63, 3.8) is 0 Å². The Bertz CT molecular complexity index is 1290. The van der Waals surface area contributed by atoms with E-state index in [1.807, 2.05) is 0 Å². The van der Waals surface area contributed by atoms with Gasteiger partial charge in [-0.2, -0.15) is 4.98 Å². The minimum Gasteiger partial charge on any atom is -0.386 e. The zero-order valence-electron chi connectivity index (χ0n) is 16.9. The van der Waals surface area contributed by atoms with Gasteiger partial charge in [0, 0.05) is 17.4 Å². The van der Waals surface area contributed by atoms with Crippen LogP contribution in [-0.2, 0) is 5.60 Å². The monoisotopic (exact) mass is 421 g/mol. The van der Waals surface area contributed by atoms with Crippen molar-refractivity contribution in [3.05, 3.63) is 65.9 Å². The van der Waals surface area contributed by atoms with E-state index >= 15 is 0 Å². The first-order valence-electron chi connectivity index (χ1n) is 9.89. The minimum absolute atomic E-state index is 0.297. The number of carbonyl (C=O) groups excluding carboxylic acids is 1. The van der Waals surface area contributed by atoms with Crippen molar-refractivity contribution in [2.75, 3.05) is 5.32 Å². The fourth-order valence-electron chi connectivity index (χ4n) is 3.36. The number of rotatable bonds is 5. The Morgan fingerprint density at radius 1 is 1.32 bits per heavy atom. The summed E-state index contributed by atoms with van der Waals surface area (Å²) in [7, 11) is 0. The summed E-state index contributed by atoms with van der Waals surface area (Å²) < 4.78 is 20.0. The molecule has 3 aromatic heterocycles. The molecule has 0 spiro atoms. The highest BCUT2D eigenvalue weighted by molar-refractivity contribution is 6.03. The number of aliphatic hydroxyl groups is 1. The number of pyridine rings is 1. The van der Waals surface area contributed by atoms with E-state index in [-0.39, 0.29) is 11.8 Å². The lowest BCUT2D eigenvalue weighted by Crippen LogP contribution is -2.18. The lowest BCUT2D eigenvalue weighted by molar-refractivity contribution is 0.0780. The molecule has 9 heteroatoms. The van der Waals surface area contributed by atoms with Gasteiger partial charge in [-0.3, -0.25) is 9.20 Å². The molecule has 0 saturated heterocycles. The van der Waals surface area contributed by atoms with Gasteiger partial charge in [0.15, 0.2) is 0 Å². The van der Waals surface area contributed by atoms with Gasteiger partial charge < -0.3 is 14.9 Å². The highest BCUT2D eigenvalue weighted by Crippen LogP contribution is 2.43. The second-order valence-corrected chi connectivity index (χ2v) is 8.20. The van der Waals surface area contributed by atoms with Crippen LogP contribution < -0.4 is 5.32 Å². The minimum atomic E-state index is -1.05. The van der Waals surface area contributed by atoms with Crippen LogP contribution in [0.1, 0.15) is 48.1 Å². The molecule has 3 heterocycles. The first-order chi connectivity index (χ1) is 14.8. The van der Waals surface area contributed by atoms with Crippen LogP contribution in [0.25, 0.3) is 17.0 Å². The summed E-state index contributed by atoms with van der Waals surface area (Å²) in [6, 6.07) is 10.5. The second-order valence-electron chi connectivity index (χ2n) is 8.20. The molecule has 0 unspecified atom stereocenters. The quantitative estimate of drug-likeness (QED) is 0.509. The van der Waals surface area contributed by atoms with Crippen molar-refractivity contribution < 1.29 is 18.8 Å². The van der Waals surface area contributed by atoms with Crippen molar-refractivity contribution in [3.8, 4) is 11.4 Å². The van der Waals surface area contributed by atoms with E-state index in [4.69, 9.17) is 4.52 Å². The van der Waals surface area contributed by atoms with Crippen LogP contribution in [-0.4, -0.2) is 36.7 Å². The standard InChI is InChI=1S/C22H20FN5O3/c1-22(2,30)13-6-7-18-24-10-17(28(18)11-13)20(29)25-14-5-3-4-12(8-14)19-26-21(31-27-19)15-9-16(15)23/h3-8,10-11,15-16,30H,9H2,1-2H3,(H,25,29)/t15-,16-/m0/s1. The molecule has 0 bridgehead atoms. The summed E-state index contributed by atoms with van der Waals surface area (Å²) in [6.07, 6.45) is 2.68. The Balaban J connectivity index is 1.40. The molecule has 1 fully saturated rings. The normalized spacial score (nSPS) is 18.3. The Hall–Kier alpha value is -3.59. The highest BCUT2D eigenvalue weighted by Gasteiger charge is 2.43. The van der Waals surface area contributed by atoms with Gasteiger partial charge in [0.2, 0.25) is 11.7 Å². The molecule has 2 atom stereocenters. The van der Waals surface area contributed by atoms with Crippen LogP contribution in [0, 0.1) is 0 Å². The molecule has 4 aromatic rings. The number of alkyl halides is 1. The summed E-state index contributed by atoms with van der Waals surface area (Å²) in [6.45, 7) is 3.35. The topological polar surface area (TPSA) is 106 Å². The Labute approximate surface area is 176 Å². The van der Waals surface area contributed by atoms with E-state index in [1.165, 1.54) is 6.20 Å². The highest BCUT2D eigenvalue weighted by atomic mass is 19.1. The lowest BCUT2D eigenvalue weighted by atomic mass is 10.0. The SMILES string of the molecule is CC(C)(O)c1ccc2ncc(C(=O)Nc3cccc(-c4noc([C@H]5C[C@@H]5F)n4)c3)n2c1. The van der Waals surface area contributed by atoms with Crippen molar-refractivity contribution in [2.45, 2.75) is 38.0 Å². The van der Waals surface area contributed by atoms with Gasteiger partial charge in [-0.15, -0.1) is 0 Å². The van der Waals surface area contributed by atoms with E-state index in [9.17, 15) is 14.3 Å². The number of hydrogen-bond donors (Lipinski definition) is 2. The number of nitrogens with zero attached hydrogens (tertiary/aromatic N) is 4. The summed E-state index contributed by atoms with van der Waals surface area (Å²) in [5.41, 5.74) is 1.72. The Morgan fingerprint density at radius 3 is 2.87 bits per heavy atom. The fourth-order valence-corrected chi connectivity index (χ4v) is 3.36. The molecule has 0 aliphatic heterocycles. The average Bonchev–Trinajstić information content (AvgIpc) is 3.14. The molecule has 1 aromatic carbocycles. The largest absolute Gasteiger partial charge is 0.386 e. The number of fused-ring (bicyclic) bond motifs is 1. The predicted octanol–water partition coefficient (Wildman–Crippen LogP) is 3.69. The number of aromatic nitrogens is 4. The second kappa shape index (κ2) is 6.98. The molecular formula is C22H20FN5O3. The number of carbonyl (C=O) groups is 1. The van der Waals surface area contributed by atoms with Crippen LogP contribution in [0.4, 0.5) is 10.1 Å². The molecule has 2 N–H and O–H groups in total. The molecule has 1 amide bonds. The first kappa shape index (κ1) is 19.4. The lowest BCUT2D eigenvalue weighted by Gasteiger charge is -2.18. The number of amides is 1. The number of anilines is 1. The van der Waals surface area contributed by atoms with Crippen molar-refractivity contribution in [2.24, 2.45) is 0 Å². The molecular weight excluding hydrogens is 401 g/mol. The van der Waals surface area contributed by atoms with Crippen LogP contribution in [0.3, 0.4) is 0 Å². The molecule has 1 aliphatic rings. The molecule has 8 nitrogen and oxygen atoms in total. The summed E-state index contributed by atoms with van der Waals surface area (Å²) >= 11 is 0. The maximum Gasteiger partial charge on any atom is 0.274 e. The molecule has 158 valence electrons. The molecule has 1 saturated carbocycles. The van der Waals surface area contributed by atoms with Crippen LogP contribution >= 0.6 is 0 Å². The number of imidazole rings is 1. The van der Waals surface area contributed by atoms with Crippen LogP contribution in [0.15, 0.2) is 53.3 Å². The third-order valence-electron chi connectivity index (χ3n) is 5.29. The number of halogens is 1. The third kappa shape index (κ3) is 3.68. The van der Waals surface area contributed by atoms with Crippen LogP contribution in [0.2, 0.25) is 0 Å². The average molecular weight is 421 g/mol. The molecule has 5 rings (SSSR count). The molecule has 0 radical (unpaired) electrons. The van der Waals surface area contributed by atoms with Gasteiger partial charge in [-0.05, 0) is 44.0 Å². The van der Waals surface area contributed by atoms with Crippen molar-refractivity contribution in [1.82, 2.24) is 19.5 Å². The fraction of sp³-hybridized carbons (Fsp3) is 0.273. The van der Waals surface area contributed by atoms with E-state index < -0.39 is 11.8 Å². The van der Waals surface area contributed by atoms with E-state index in [0.717, 1.165) is 0 Å². The van der Waals surface area contributed by atoms with Gasteiger partial charge in [0.25, 0.3) is 5.91 Å². The van der Waals surface area contributed by atoms with Crippen molar-refractivity contribution >= 4 is 17.2 Å². The molecule has 1 aliphatic carbocycles. The van der Waals surface area contributed by atoms with Crippen LogP contribution in [0.5, 0.6) is 0 Å². The summed E-state index contributed by atoms with van der Waals surface area (Å²) in [5.74, 6) is -0.0298. The van der Waals surface area contributed by atoms with Crippen molar-refractivity contribution in [1.29, 1.82) is 0 Å². The summed E-state index contributed by atoms with van der Waals surface area (Å²) in [4.78, 5) is 21.4. The van der Waals surface area contributed by atoms with Gasteiger partial charge in [-0.1, -0.05) is 23.4 Å². The Kier molecular flexibility index (Phi) is 4.37. The van der Waals surface area contributed by atoms with E-state index in [0.29, 0.717) is 46.3 Å². The van der Waals surface area contributed by atoms with Gasteiger partial charge >= 0.3 is 0 Å². The maximum absolute atomic E-state index is 13.2. The predicted molar refractivity (Wildman–Crippen MR) is 110 cm³/mol. The van der Waals surface area contributed by atoms with Gasteiger partial charge in [0.1, 0.15) is 17.5 Å². The number of hydrogen-bond acceptors (Lipinski definition) is 6. The van der Waals surface area contributed by atoms with E-state index in [1.54, 1.807) is 60.8 Å². The number of nitrogens with one attached hydrogen (secondary N) is 1. The zero-order valence-corrected chi connectivity index (χ0v) is 16.9. The number of benzene rings is 1. The Morgan fingerprint density at radius 2 is 2.13 bits per heavy atom. The van der Waals surface area contributed by atoms with Gasteiger partial charge in [-0.25, -0.2) is 9.37 Å².